The third kappa shape index (κ3) is 4.55. The molecule has 0 aliphatic rings. The highest BCUT2D eigenvalue weighted by atomic mass is 79.9. The van der Waals surface area contributed by atoms with Gasteiger partial charge < -0.3 is 15.2 Å². The van der Waals surface area contributed by atoms with Crippen LogP contribution < -0.4 is 10.1 Å². The standard InChI is InChI=1S/C13H9Br2NO4S/c14-7-1-2-10(9(15)3-7)16-12(17)5-20-8-4-11(13(18)19)21-6-8/h1-4,6H,5H2,(H,16,17)(H,18,19). The van der Waals surface area contributed by atoms with Gasteiger partial charge in [-0.05, 0) is 34.1 Å². The Morgan fingerprint density at radius 2 is 2.05 bits per heavy atom. The van der Waals surface area contributed by atoms with Gasteiger partial charge in [0.2, 0.25) is 0 Å². The van der Waals surface area contributed by atoms with Crippen LogP contribution in [0.15, 0.2) is 38.6 Å². The van der Waals surface area contributed by atoms with E-state index >= 15 is 0 Å². The number of hydrogen-bond donors (Lipinski definition) is 2. The average Bonchev–Trinajstić information content (AvgIpc) is 2.89. The van der Waals surface area contributed by atoms with Crippen molar-refractivity contribution in [2.24, 2.45) is 0 Å². The van der Waals surface area contributed by atoms with Gasteiger partial charge >= 0.3 is 5.97 Å². The molecule has 0 fully saturated rings. The fraction of sp³-hybridized carbons (Fsp3) is 0.0769. The van der Waals surface area contributed by atoms with E-state index in [0.29, 0.717) is 11.4 Å². The molecule has 0 unspecified atom stereocenters. The Labute approximate surface area is 141 Å². The zero-order valence-corrected chi connectivity index (χ0v) is 14.4. The molecule has 0 aliphatic heterocycles. The molecule has 2 N–H and O–H groups in total. The lowest BCUT2D eigenvalue weighted by Crippen LogP contribution is -2.20. The summed E-state index contributed by atoms with van der Waals surface area (Å²) < 4.78 is 6.88. The van der Waals surface area contributed by atoms with Gasteiger partial charge in [-0.2, -0.15) is 0 Å². The van der Waals surface area contributed by atoms with E-state index in [0.717, 1.165) is 20.3 Å². The van der Waals surface area contributed by atoms with Crippen molar-refractivity contribution in [2.75, 3.05) is 11.9 Å². The van der Waals surface area contributed by atoms with Crippen LogP contribution in [0.4, 0.5) is 5.69 Å². The third-order valence-electron chi connectivity index (χ3n) is 2.36. The van der Waals surface area contributed by atoms with E-state index < -0.39 is 5.97 Å². The van der Waals surface area contributed by atoms with Gasteiger partial charge in [0.15, 0.2) is 6.61 Å². The van der Waals surface area contributed by atoms with Crippen molar-refractivity contribution in [3.63, 3.8) is 0 Å². The van der Waals surface area contributed by atoms with Crippen molar-refractivity contribution in [3.8, 4) is 5.75 Å². The number of carbonyl (C=O) groups is 2. The van der Waals surface area contributed by atoms with Crippen molar-refractivity contribution < 1.29 is 19.4 Å². The first-order valence-electron chi connectivity index (χ1n) is 5.65. The number of thiophene rings is 1. The molecule has 0 aliphatic carbocycles. The highest BCUT2D eigenvalue weighted by Gasteiger charge is 2.10. The number of benzene rings is 1. The van der Waals surface area contributed by atoms with Crippen LogP contribution in [0.3, 0.4) is 0 Å². The Morgan fingerprint density at radius 1 is 1.29 bits per heavy atom. The van der Waals surface area contributed by atoms with Crippen molar-refractivity contribution in [3.05, 3.63) is 43.5 Å². The normalized spacial score (nSPS) is 10.2. The maximum absolute atomic E-state index is 11.8. The maximum atomic E-state index is 11.8. The van der Waals surface area contributed by atoms with Gasteiger partial charge in [0.1, 0.15) is 10.6 Å². The van der Waals surface area contributed by atoms with Crippen molar-refractivity contribution >= 4 is 60.8 Å². The molecule has 1 aromatic heterocycles. The molecule has 0 saturated carbocycles. The van der Waals surface area contributed by atoms with E-state index in [9.17, 15) is 9.59 Å². The molecule has 1 aromatic carbocycles. The topological polar surface area (TPSA) is 75.6 Å². The molecule has 0 saturated heterocycles. The lowest BCUT2D eigenvalue weighted by atomic mass is 10.3. The summed E-state index contributed by atoms with van der Waals surface area (Å²) in [4.78, 5) is 22.7. The van der Waals surface area contributed by atoms with Crippen LogP contribution in [-0.4, -0.2) is 23.6 Å². The summed E-state index contributed by atoms with van der Waals surface area (Å²) in [5.41, 5.74) is 0.628. The molecule has 110 valence electrons. The summed E-state index contributed by atoms with van der Waals surface area (Å²) in [6, 6.07) is 6.75. The van der Waals surface area contributed by atoms with Crippen LogP contribution in [-0.2, 0) is 4.79 Å². The number of halogens is 2. The van der Waals surface area contributed by atoms with Gasteiger partial charge in [0.05, 0.1) is 5.69 Å². The smallest absolute Gasteiger partial charge is 0.346 e. The molecule has 0 atom stereocenters. The molecular formula is C13H9Br2NO4S. The molecule has 2 rings (SSSR count). The minimum Gasteiger partial charge on any atom is -0.483 e. The van der Waals surface area contributed by atoms with Crippen LogP contribution >= 0.6 is 43.2 Å². The van der Waals surface area contributed by atoms with E-state index in [1.807, 2.05) is 6.07 Å². The molecule has 8 heteroatoms. The fourth-order valence-electron chi connectivity index (χ4n) is 1.43. The number of aromatic carboxylic acids is 1. The van der Waals surface area contributed by atoms with Crippen molar-refractivity contribution in [1.82, 2.24) is 0 Å². The molecule has 1 amide bonds. The summed E-state index contributed by atoms with van der Waals surface area (Å²) in [5.74, 6) is -0.985. The predicted molar refractivity (Wildman–Crippen MR) is 87.2 cm³/mol. The second-order valence-electron chi connectivity index (χ2n) is 3.91. The Bertz CT molecular complexity index is 687. The minimum absolute atomic E-state index is 0.168. The lowest BCUT2D eigenvalue weighted by Gasteiger charge is -2.08. The quantitative estimate of drug-likeness (QED) is 0.745. The van der Waals surface area contributed by atoms with E-state index in [-0.39, 0.29) is 17.4 Å². The van der Waals surface area contributed by atoms with E-state index in [1.165, 1.54) is 6.07 Å². The summed E-state index contributed by atoms with van der Waals surface area (Å²) in [6.45, 7) is -0.196. The van der Waals surface area contributed by atoms with E-state index in [2.05, 4.69) is 37.2 Å². The van der Waals surface area contributed by atoms with E-state index in [1.54, 1.807) is 17.5 Å². The zero-order valence-electron chi connectivity index (χ0n) is 10.4. The number of amides is 1. The lowest BCUT2D eigenvalue weighted by molar-refractivity contribution is -0.118. The van der Waals surface area contributed by atoms with Gasteiger partial charge in [-0.25, -0.2) is 4.79 Å². The summed E-state index contributed by atoms with van der Waals surface area (Å²) >= 11 is 7.71. The molecule has 0 bridgehead atoms. The number of carboxylic acids is 1. The summed E-state index contributed by atoms with van der Waals surface area (Å²) in [6.07, 6.45) is 0. The average molecular weight is 435 g/mol. The first kappa shape index (κ1) is 16.0. The van der Waals surface area contributed by atoms with Crippen LogP contribution in [0.1, 0.15) is 9.67 Å². The number of carboxylic acid groups (broad SMARTS) is 1. The molecular weight excluding hydrogens is 426 g/mol. The number of anilines is 1. The third-order valence-corrected chi connectivity index (χ3v) is 4.41. The second-order valence-corrected chi connectivity index (χ2v) is 6.59. The molecule has 21 heavy (non-hydrogen) atoms. The number of nitrogens with one attached hydrogen (secondary N) is 1. The first-order chi connectivity index (χ1) is 9.95. The largest absolute Gasteiger partial charge is 0.483 e. The number of rotatable bonds is 5. The highest BCUT2D eigenvalue weighted by molar-refractivity contribution is 9.11. The fourth-order valence-corrected chi connectivity index (χ4v) is 3.24. The van der Waals surface area contributed by atoms with Gasteiger partial charge in [-0.3, -0.25) is 4.79 Å². The molecule has 0 spiro atoms. The summed E-state index contributed by atoms with van der Waals surface area (Å²) in [7, 11) is 0. The van der Waals surface area contributed by atoms with Gasteiger partial charge in [0, 0.05) is 20.4 Å². The van der Waals surface area contributed by atoms with Crippen molar-refractivity contribution in [1.29, 1.82) is 0 Å². The molecule has 1 heterocycles. The zero-order chi connectivity index (χ0) is 15.4. The second kappa shape index (κ2) is 7.06. The number of carbonyl (C=O) groups excluding carboxylic acids is 1. The Kier molecular flexibility index (Phi) is 5.38. The molecule has 2 aromatic rings. The number of hydrogen-bond acceptors (Lipinski definition) is 4. The Balaban J connectivity index is 1.91. The van der Waals surface area contributed by atoms with Gasteiger partial charge in [-0.15, -0.1) is 11.3 Å². The Morgan fingerprint density at radius 3 is 2.67 bits per heavy atom. The first-order valence-corrected chi connectivity index (χ1v) is 8.12. The van der Waals surface area contributed by atoms with Gasteiger partial charge in [-0.1, -0.05) is 15.9 Å². The minimum atomic E-state index is -1.02. The monoisotopic (exact) mass is 433 g/mol. The maximum Gasteiger partial charge on any atom is 0.346 e. The highest BCUT2D eigenvalue weighted by Crippen LogP contribution is 2.26. The van der Waals surface area contributed by atoms with Crippen LogP contribution in [0.2, 0.25) is 0 Å². The van der Waals surface area contributed by atoms with Gasteiger partial charge in [0.25, 0.3) is 5.91 Å². The SMILES string of the molecule is O=C(COc1csc(C(=O)O)c1)Nc1ccc(Br)cc1Br. The van der Waals surface area contributed by atoms with E-state index in [4.69, 9.17) is 9.84 Å². The van der Waals surface area contributed by atoms with Crippen LogP contribution in [0.25, 0.3) is 0 Å². The van der Waals surface area contributed by atoms with Crippen molar-refractivity contribution in [2.45, 2.75) is 0 Å². The number of ether oxygens (including phenoxy) is 1. The predicted octanol–water partition coefficient (Wildman–Crippen LogP) is 3.99. The summed E-state index contributed by atoms with van der Waals surface area (Å²) in [5, 5.41) is 13.0. The van der Waals surface area contributed by atoms with Crippen LogP contribution in [0.5, 0.6) is 5.75 Å². The van der Waals surface area contributed by atoms with Crippen LogP contribution in [0, 0.1) is 0 Å². The molecule has 0 radical (unpaired) electrons. The Hall–Kier alpha value is -1.38. The molecule has 5 nitrogen and oxygen atoms in total.